The first-order valence-corrected chi connectivity index (χ1v) is 11.0. The highest BCUT2D eigenvalue weighted by Gasteiger charge is 2.37. The zero-order valence-electron chi connectivity index (χ0n) is 14.9. The van der Waals surface area contributed by atoms with Crippen LogP contribution in [0.3, 0.4) is 0 Å². The molecule has 0 bridgehead atoms. The lowest BCUT2D eigenvalue weighted by molar-refractivity contribution is -0.140. The second-order valence-corrected chi connectivity index (χ2v) is 9.10. The zero-order chi connectivity index (χ0) is 18.1. The molecule has 2 heterocycles. The van der Waals surface area contributed by atoms with Crippen LogP contribution in [-0.2, 0) is 9.59 Å². The lowest BCUT2D eigenvalue weighted by Gasteiger charge is -2.38. The van der Waals surface area contributed by atoms with E-state index in [0.29, 0.717) is 17.6 Å². The molecule has 0 aromatic heterocycles. The van der Waals surface area contributed by atoms with Crippen LogP contribution in [0.25, 0.3) is 0 Å². The lowest BCUT2D eigenvalue weighted by atomic mass is 9.83. The molecule has 26 heavy (non-hydrogen) atoms. The van der Waals surface area contributed by atoms with Crippen molar-refractivity contribution in [3.63, 3.8) is 0 Å². The second-order valence-electron chi connectivity index (χ2n) is 7.63. The summed E-state index contributed by atoms with van der Waals surface area (Å²) in [6, 6.07) is 7.81. The van der Waals surface area contributed by atoms with E-state index >= 15 is 0 Å². The Bertz CT molecular complexity index is 686. The van der Waals surface area contributed by atoms with Gasteiger partial charge in [-0.25, -0.2) is 0 Å². The summed E-state index contributed by atoms with van der Waals surface area (Å²) in [7, 11) is 0. The first-order chi connectivity index (χ1) is 12.6. The summed E-state index contributed by atoms with van der Waals surface area (Å²) in [4.78, 5) is 28.9. The van der Waals surface area contributed by atoms with E-state index in [9.17, 15) is 9.59 Å². The summed E-state index contributed by atoms with van der Waals surface area (Å²) >= 11 is 8.03. The van der Waals surface area contributed by atoms with E-state index in [1.807, 2.05) is 34.1 Å². The standard InChI is InChI=1S/C20H25ClN2O2S/c21-17-7-2-1-6-16(17)20-23(18(24)13-26-20)12-14-8-10-22(11-9-14)19(25)15-4-3-5-15/h1-2,6-7,14-15,20H,3-5,8-13H2/t20-/m1/s1. The molecule has 1 aromatic carbocycles. The fraction of sp³-hybridized carbons (Fsp3) is 0.600. The number of carbonyl (C=O) groups is 2. The number of nitrogens with zero attached hydrogens (tertiary/aromatic N) is 2. The number of carbonyl (C=O) groups excluding carboxylic acids is 2. The van der Waals surface area contributed by atoms with Crippen LogP contribution in [0.4, 0.5) is 0 Å². The van der Waals surface area contributed by atoms with Crippen LogP contribution in [-0.4, -0.2) is 47.0 Å². The SMILES string of the molecule is O=C(C1CCC1)N1CCC(CN2C(=O)CS[C@@H]2c2ccccc2Cl)CC1. The Labute approximate surface area is 164 Å². The van der Waals surface area contributed by atoms with Gasteiger partial charge in [0, 0.05) is 36.1 Å². The Balaban J connectivity index is 1.36. The summed E-state index contributed by atoms with van der Waals surface area (Å²) < 4.78 is 0. The van der Waals surface area contributed by atoms with Crippen LogP contribution in [0, 0.1) is 11.8 Å². The number of likely N-dealkylation sites (tertiary alicyclic amines) is 1. The van der Waals surface area contributed by atoms with Crippen molar-refractivity contribution < 1.29 is 9.59 Å². The third-order valence-electron chi connectivity index (χ3n) is 5.97. The van der Waals surface area contributed by atoms with Crippen molar-refractivity contribution in [3.05, 3.63) is 34.9 Å². The Morgan fingerprint density at radius 3 is 2.54 bits per heavy atom. The first kappa shape index (κ1) is 18.2. The van der Waals surface area contributed by atoms with Gasteiger partial charge in [-0.2, -0.15) is 0 Å². The van der Waals surface area contributed by atoms with Crippen molar-refractivity contribution >= 4 is 35.2 Å². The van der Waals surface area contributed by atoms with Gasteiger partial charge in [0.2, 0.25) is 11.8 Å². The molecule has 0 spiro atoms. The molecule has 4 nitrogen and oxygen atoms in total. The molecule has 3 fully saturated rings. The van der Waals surface area contributed by atoms with Crippen molar-refractivity contribution in [2.45, 2.75) is 37.5 Å². The van der Waals surface area contributed by atoms with Crippen LogP contribution < -0.4 is 0 Å². The van der Waals surface area contributed by atoms with Gasteiger partial charge in [-0.15, -0.1) is 11.8 Å². The molecule has 6 heteroatoms. The van der Waals surface area contributed by atoms with Gasteiger partial charge in [0.25, 0.3) is 0 Å². The maximum Gasteiger partial charge on any atom is 0.233 e. The molecule has 0 unspecified atom stereocenters. The molecule has 1 aliphatic carbocycles. The van der Waals surface area contributed by atoms with E-state index in [1.165, 1.54) is 6.42 Å². The van der Waals surface area contributed by atoms with E-state index in [2.05, 4.69) is 0 Å². The number of hydrogen-bond donors (Lipinski definition) is 0. The Hall–Kier alpha value is -1.20. The molecule has 3 aliphatic rings. The fourth-order valence-corrected chi connectivity index (χ4v) is 5.65. The normalized spacial score (nSPS) is 24.8. The van der Waals surface area contributed by atoms with Crippen molar-refractivity contribution in [2.75, 3.05) is 25.4 Å². The highest BCUT2D eigenvalue weighted by Crippen LogP contribution is 2.42. The molecule has 0 radical (unpaired) electrons. The van der Waals surface area contributed by atoms with Crippen molar-refractivity contribution in [3.8, 4) is 0 Å². The topological polar surface area (TPSA) is 40.6 Å². The zero-order valence-corrected chi connectivity index (χ0v) is 16.5. The maximum atomic E-state index is 12.4. The van der Waals surface area contributed by atoms with Gasteiger partial charge in [0.1, 0.15) is 5.37 Å². The van der Waals surface area contributed by atoms with Crippen LogP contribution in [0.2, 0.25) is 5.02 Å². The van der Waals surface area contributed by atoms with Crippen molar-refractivity contribution in [2.24, 2.45) is 11.8 Å². The van der Waals surface area contributed by atoms with Gasteiger partial charge >= 0.3 is 0 Å². The maximum absolute atomic E-state index is 12.4. The average Bonchev–Trinajstić information content (AvgIpc) is 2.95. The Morgan fingerprint density at radius 2 is 1.88 bits per heavy atom. The molecular weight excluding hydrogens is 368 g/mol. The minimum atomic E-state index is 0.0193. The molecule has 140 valence electrons. The van der Waals surface area contributed by atoms with E-state index < -0.39 is 0 Å². The second kappa shape index (κ2) is 7.81. The minimum absolute atomic E-state index is 0.0193. The number of amides is 2. The quantitative estimate of drug-likeness (QED) is 0.778. The predicted molar refractivity (Wildman–Crippen MR) is 105 cm³/mol. The smallest absolute Gasteiger partial charge is 0.233 e. The number of piperidine rings is 1. The Kier molecular flexibility index (Phi) is 5.46. The minimum Gasteiger partial charge on any atom is -0.342 e. The summed E-state index contributed by atoms with van der Waals surface area (Å²) in [6.07, 6.45) is 5.31. The third-order valence-corrected chi connectivity index (χ3v) is 7.56. The third kappa shape index (κ3) is 3.61. The predicted octanol–water partition coefficient (Wildman–Crippen LogP) is 3.95. The van der Waals surface area contributed by atoms with Crippen molar-refractivity contribution in [1.82, 2.24) is 9.80 Å². The van der Waals surface area contributed by atoms with Gasteiger partial charge in [0.15, 0.2) is 0 Å². The molecule has 1 atom stereocenters. The monoisotopic (exact) mass is 392 g/mol. The molecule has 1 aromatic rings. The lowest BCUT2D eigenvalue weighted by Crippen LogP contribution is -2.45. The fourth-order valence-electron chi connectivity index (χ4n) is 4.11. The van der Waals surface area contributed by atoms with Gasteiger partial charge in [-0.3, -0.25) is 9.59 Å². The molecular formula is C20H25ClN2O2S. The number of rotatable bonds is 4. The largest absolute Gasteiger partial charge is 0.342 e. The number of hydrogen-bond acceptors (Lipinski definition) is 3. The van der Waals surface area contributed by atoms with Crippen LogP contribution in [0.5, 0.6) is 0 Å². The van der Waals surface area contributed by atoms with Crippen LogP contribution >= 0.6 is 23.4 Å². The van der Waals surface area contributed by atoms with Crippen LogP contribution in [0.15, 0.2) is 24.3 Å². The highest BCUT2D eigenvalue weighted by atomic mass is 35.5. The highest BCUT2D eigenvalue weighted by molar-refractivity contribution is 8.00. The van der Waals surface area contributed by atoms with Gasteiger partial charge < -0.3 is 9.80 Å². The van der Waals surface area contributed by atoms with E-state index in [-0.39, 0.29) is 17.2 Å². The number of thioether (sulfide) groups is 1. The van der Waals surface area contributed by atoms with Crippen LogP contribution in [0.1, 0.15) is 43.0 Å². The average molecular weight is 393 g/mol. The van der Waals surface area contributed by atoms with Gasteiger partial charge in [0.05, 0.1) is 5.75 Å². The molecule has 2 amide bonds. The molecule has 2 saturated heterocycles. The summed E-state index contributed by atoms with van der Waals surface area (Å²) in [5.41, 5.74) is 1.03. The molecule has 4 rings (SSSR count). The molecule has 0 N–H and O–H groups in total. The van der Waals surface area contributed by atoms with E-state index in [0.717, 1.165) is 55.9 Å². The molecule has 2 aliphatic heterocycles. The van der Waals surface area contributed by atoms with E-state index in [1.54, 1.807) is 11.8 Å². The Morgan fingerprint density at radius 1 is 1.15 bits per heavy atom. The summed E-state index contributed by atoms with van der Waals surface area (Å²) in [5, 5.41) is 0.747. The molecule has 1 saturated carbocycles. The summed E-state index contributed by atoms with van der Waals surface area (Å²) in [5.74, 6) is 1.83. The van der Waals surface area contributed by atoms with E-state index in [4.69, 9.17) is 11.6 Å². The van der Waals surface area contributed by atoms with Crippen molar-refractivity contribution in [1.29, 1.82) is 0 Å². The first-order valence-electron chi connectivity index (χ1n) is 9.58. The summed E-state index contributed by atoms with van der Waals surface area (Å²) in [6.45, 7) is 2.45. The van der Waals surface area contributed by atoms with Gasteiger partial charge in [-0.1, -0.05) is 36.2 Å². The number of benzene rings is 1. The van der Waals surface area contributed by atoms with Gasteiger partial charge in [-0.05, 0) is 37.7 Å². The number of halogens is 1.